The predicted molar refractivity (Wildman–Crippen MR) is 68.0 cm³/mol. The molecule has 0 rings (SSSR count). The largest absolute Gasteiger partial charge is 0.350 e. The summed E-state index contributed by atoms with van der Waals surface area (Å²) in [5.74, 6) is 2.42. The molecule has 1 amide bonds. The SMILES string of the molecule is C#CCNCC(=O)NC(C)(C)CC(C)(C)C. The highest BCUT2D eigenvalue weighted by atomic mass is 16.2. The average Bonchev–Trinajstić information content (AvgIpc) is 1.98. The van der Waals surface area contributed by atoms with Crippen LogP contribution in [0.15, 0.2) is 0 Å². The number of amides is 1. The van der Waals surface area contributed by atoms with Crippen LogP contribution in [0.25, 0.3) is 0 Å². The summed E-state index contributed by atoms with van der Waals surface area (Å²) in [4.78, 5) is 11.6. The Balaban J connectivity index is 4.06. The Hall–Kier alpha value is -1.01. The molecule has 0 radical (unpaired) electrons. The fraction of sp³-hybridized carbons (Fsp3) is 0.769. The molecule has 92 valence electrons. The van der Waals surface area contributed by atoms with Crippen LogP contribution in [-0.4, -0.2) is 24.5 Å². The third kappa shape index (κ3) is 8.31. The van der Waals surface area contributed by atoms with Gasteiger partial charge in [0, 0.05) is 5.54 Å². The van der Waals surface area contributed by atoms with Gasteiger partial charge < -0.3 is 5.32 Å². The zero-order chi connectivity index (χ0) is 12.8. The summed E-state index contributed by atoms with van der Waals surface area (Å²) >= 11 is 0. The van der Waals surface area contributed by atoms with Crippen LogP contribution in [0.3, 0.4) is 0 Å². The Bertz CT molecular complexity index is 269. The standard InChI is InChI=1S/C13H24N2O/c1-7-8-14-9-11(16)15-13(5,6)10-12(2,3)4/h1,14H,8-10H2,2-6H3,(H,15,16). The van der Waals surface area contributed by atoms with E-state index in [-0.39, 0.29) is 23.4 Å². The van der Waals surface area contributed by atoms with Crippen LogP contribution in [0.4, 0.5) is 0 Å². The van der Waals surface area contributed by atoms with E-state index in [4.69, 9.17) is 6.42 Å². The molecule has 0 aromatic carbocycles. The lowest BCUT2D eigenvalue weighted by atomic mass is 9.82. The molecule has 0 saturated carbocycles. The zero-order valence-electron chi connectivity index (χ0n) is 11.1. The fourth-order valence-corrected chi connectivity index (χ4v) is 2.04. The maximum Gasteiger partial charge on any atom is 0.234 e. The summed E-state index contributed by atoms with van der Waals surface area (Å²) in [7, 11) is 0. The number of nitrogens with one attached hydrogen (secondary N) is 2. The maximum absolute atomic E-state index is 11.6. The second kappa shape index (κ2) is 5.91. The molecule has 0 spiro atoms. The molecule has 0 bridgehead atoms. The molecular formula is C13H24N2O. The van der Waals surface area contributed by atoms with Crippen molar-refractivity contribution in [1.82, 2.24) is 10.6 Å². The lowest BCUT2D eigenvalue weighted by Crippen LogP contribution is -2.48. The zero-order valence-corrected chi connectivity index (χ0v) is 11.1. The summed E-state index contributed by atoms with van der Waals surface area (Å²) in [6.07, 6.45) is 6.01. The summed E-state index contributed by atoms with van der Waals surface area (Å²) in [5.41, 5.74) is 0.0101. The van der Waals surface area contributed by atoms with E-state index in [9.17, 15) is 4.79 Å². The molecular weight excluding hydrogens is 200 g/mol. The maximum atomic E-state index is 11.6. The number of rotatable bonds is 5. The highest BCUT2D eigenvalue weighted by Crippen LogP contribution is 2.26. The summed E-state index contributed by atoms with van der Waals surface area (Å²) < 4.78 is 0. The second-order valence-corrected chi connectivity index (χ2v) is 5.98. The highest BCUT2D eigenvalue weighted by Gasteiger charge is 2.26. The van der Waals surface area contributed by atoms with Crippen molar-refractivity contribution in [2.45, 2.75) is 46.6 Å². The number of terminal acetylenes is 1. The van der Waals surface area contributed by atoms with Crippen molar-refractivity contribution in [2.24, 2.45) is 5.41 Å². The topological polar surface area (TPSA) is 41.1 Å². The van der Waals surface area contributed by atoms with Gasteiger partial charge in [0.25, 0.3) is 0 Å². The molecule has 0 aliphatic rings. The molecule has 0 saturated heterocycles. The van der Waals surface area contributed by atoms with Crippen LogP contribution < -0.4 is 10.6 Å². The minimum Gasteiger partial charge on any atom is -0.350 e. The lowest BCUT2D eigenvalue weighted by Gasteiger charge is -2.33. The smallest absolute Gasteiger partial charge is 0.234 e. The fourth-order valence-electron chi connectivity index (χ4n) is 2.04. The van der Waals surface area contributed by atoms with E-state index in [0.717, 1.165) is 6.42 Å². The lowest BCUT2D eigenvalue weighted by molar-refractivity contribution is -0.122. The number of carbonyl (C=O) groups is 1. The van der Waals surface area contributed by atoms with Crippen molar-refractivity contribution in [2.75, 3.05) is 13.1 Å². The van der Waals surface area contributed by atoms with Gasteiger partial charge in [-0.1, -0.05) is 26.7 Å². The van der Waals surface area contributed by atoms with Gasteiger partial charge in [0.1, 0.15) is 0 Å². The van der Waals surface area contributed by atoms with Crippen LogP contribution in [0.2, 0.25) is 0 Å². The Kier molecular flexibility index (Phi) is 5.53. The van der Waals surface area contributed by atoms with Crippen LogP contribution in [-0.2, 0) is 4.79 Å². The summed E-state index contributed by atoms with van der Waals surface area (Å²) in [6.45, 7) is 11.3. The highest BCUT2D eigenvalue weighted by molar-refractivity contribution is 5.78. The van der Waals surface area contributed by atoms with Crippen molar-refractivity contribution in [3.05, 3.63) is 0 Å². The van der Waals surface area contributed by atoms with Crippen molar-refractivity contribution in [3.8, 4) is 12.3 Å². The minimum atomic E-state index is -0.187. The first kappa shape index (κ1) is 15.0. The first-order valence-electron chi connectivity index (χ1n) is 5.61. The van der Waals surface area contributed by atoms with E-state index in [1.54, 1.807) is 0 Å². The van der Waals surface area contributed by atoms with Crippen LogP contribution >= 0.6 is 0 Å². The molecule has 16 heavy (non-hydrogen) atoms. The van der Waals surface area contributed by atoms with Gasteiger partial charge in [-0.05, 0) is 25.7 Å². The quantitative estimate of drug-likeness (QED) is 0.549. The third-order valence-electron chi connectivity index (χ3n) is 1.96. The monoisotopic (exact) mass is 224 g/mol. The second-order valence-electron chi connectivity index (χ2n) is 5.98. The molecule has 0 heterocycles. The summed E-state index contributed by atoms with van der Waals surface area (Å²) in [6, 6.07) is 0. The average molecular weight is 224 g/mol. The molecule has 0 aromatic heterocycles. The first-order valence-corrected chi connectivity index (χ1v) is 5.61. The molecule has 2 N–H and O–H groups in total. The van der Waals surface area contributed by atoms with Crippen molar-refractivity contribution in [3.63, 3.8) is 0 Å². The van der Waals surface area contributed by atoms with E-state index >= 15 is 0 Å². The molecule has 0 atom stereocenters. The van der Waals surface area contributed by atoms with Crippen LogP contribution in [0.1, 0.15) is 41.0 Å². The van der Waals surface area contributed by atoms with Gasteiger partial charge >= 0.3 is 0 Å². The van der Waals surface area contributed by atoms with Gasteiger partial charge in [-0.3, -0.25) is 10.1 Å². The molecule has 0 aromatic rings. The van der Waals surface area contributed by atoms with E-state index < -0.39 is 0 Å². The predicted octanol–water partition coefficient (Wildman–Crippen LogP) is 1.54. The van der Waals surface area contributed by atoms with Crippen LogP contribution in [0, 0.1) is 17.8 Å². The normalized spacial score (nSPS) is 12.0. The van der Waals surface area contributed by atoms with Crippen molar-refractivity contribution in [1.29, 1.82) is 0 Å². The number of hydrogen-bond acceptors (Lipinski definition) is 2. The molecule has 3 nitrogen and oxygen atoms in total. The van der Waals surface area contributed by atoms with Crippen molar-refractivity contribution >= 4 is 5.91 Å². The van der Waals surface area contributed by atoms with Gasteiger partial charge in [-0.2, -0.15) is 0 Å². The van der Waals surface area contributed by atoms with Crippen molar-refractivity contribution < 1.29 is 4.79 Å². The van der Waals surface area contributed by atoms with E-state index in [1.807, 2.05) is 13.8 Å². The molecule has 0 unspecified atom stereocenters. The first-order chi connectivity index (χ1) is 7.16. The van der Waals surface area contributed by atoms with Crippen LogP contribution in [0.5, 0.6) is 0 Å². The Labute approximate surface area is 99.4 Å². The van der Waals surface area contributed by atoms with Gasteiger partial charge in [0.2, 0.25) is 5.91 Å². The number of carbonyl (C=O) groups excluding carboxylic acids is 1. The summed E-state index contributed by atoms with van der Waals surface area (Å²) in [5, 5.41) is 5.87. The van der Waals surface area contributed by atoms with Gasteiger partial charge in [0.15, 0.2) is 0 Å². The van der Waals surface area contributed by atoms with E-state index in [1.165, 1.54) is 0 Å². The molecule has 0 aliphatic heterocycles. The Morgan fingerprint density at radius 2 is 1.81 bits per heavy atom. The van der Waals surface area contributed by atoms with Gasteiger partial charge in [-0.15, -0.1) is 6.42 Å². The molecule has 0 aliphatic carbocycles. The third-order valence-corrected chi connectivity index (χ3v) is 1.96. The van der Waals surface area contributed by atoms with E-state index in [2.05, 4.69) is 37.3 Å². The minimum absolute atomic E-state index is 0.00972. The Morgan fingerprint density at radius 3 is 2.25 bits per heavy atom. The molecule has 0 fully saturated rings. The van der Waals surface area contributed by atoms with Gasteiger partial charge in [-0.25, -0.2) is 0 Å². The van der Waals surface area contributed by atoms with Gasteiger partial charge in [0.05, 0.1) is 13.1 Å². The number of hydrogen-bond donors (Lipinski definition) is 2. The van der Waals surface area contributed by atoms with E-state index in [0.29, 0.717) is 6.54 Å². The Morgan fingerprint density at radius 1 is 1.25 bits per heavy atom. The molecule has 3 heteroatoms.